The first-order chi connectivity index (χ1) is 17.6. The van der Waals surface area contributed by atoms with Crippen LogP contribution >= 0.6 is 15.9 Å². The van der Waals surface area contributed by atoms with Crippen LogP contribution in [0.5, 0.6) is 0 Å². The van der Waals surface area contributed by atoms with Crippen molar-refractivity contribution in [3.05, 3.63) is 94.5 Å². The van der Waals surface area contributed by atoms with Crippen molar-refractivity contribution in [2.75, 3.05) is 23.9 Å². The highest BCUT2D eigenvalue weighted by Crippen LogP contribution is 2.27. The summed E-state index contributed by atoms with van der Waals surface area (Å²) < 4.78 is 29.3. The van der Waals surface area contributed by atoms with Gasteiger partial charge in [-0.25, -0.2) is 8.42 Å². The molecule has 0 aromatic heterocycles. The molecule has 196 valence electrons. The molecule has 3 aromatic rings. The fourth-order valence-corrected chi connectivity index (χ4v) is 5.68. The van der Waals surface area contributed by atoms with E-state index >= 15 is 0 Å². The lowest BCUT2D eigenvalue weighted by Crippen LogP contribution is -2.52. The number of amides is 2. The third-order valence-electron chi connectivity index (χ3n) is 5.99. The molecule has 0 saturated carbocycles. The van der Waals surface area contributed by atoms with Crippen molar-refractivity contribution >= 4 is 43.5 Å². The van der Waals surface area contributed by atoms with Gasteiger partial charge in [-0.1, -0.05) is 70.0 Å². The van der Waals surface area contributed by atoms with E-state index in [1.165, 1.54) is 17.0 Å². The first-order valence-electron chi connectivity index (χ1n) is 12.1. The number of carbonyl (C=O) groups is 2. The molecule has 0 aliphatic heterocycles. The number of aryl methyl sites for hydroxylation is 1. The molecule has 0 aliphatic rings. The Morgan fingerprint density at radius 1 is 0.973 bits per heavy atom. The highest BCUT2D eigenvalue weighted by molar-refractivity contribution is 9.10. The van der Waals surface area contributed by atoms with Crippen molar-refractivity contribution in [2.24, 2.45) is 0 Å². The third kappa shape index (κ3) is 7.42. The maximum atomic E-state index is 13.8. The Morgan fingerprint density at radius 3 is 2.27 bits per heavy atom. The molecule has 0 saturated heterocycles. The van der Waals surface area contributed by atoms with Crippen LogP contribution in [0, 0.1) is 6.92 Å². The fourth-order valence-electron chi connectivity index (χ4n) is 3.89. The van der Waals surface area contributed by atoms with Crippen LogP contribution < -0.4 is 9.62 Å². The maximum absolute atomic E-state index is 13.8. The molecule has 0 aliphatic carbocycles. The summed E-state index contributed by atoms with van der Waals surface area (Å²) in [5.74, 6) is -0.760. The maximum Gasteiger partial charge on any atom is 0.264 e. The van der Waals surface area contributed by atoms with Crippen molar-refractivity contribution in [3.63, 3.8) is 0 Å². The van der Waals surface area contributed by atoms with Gasteiger partial charge in [0.25, 0.3) is 10.0 Å². The van der Waals surface area contributed by atoms with Gasteiger partial charge in [-0.05, 0) is 63.1 Å². The zero-order valence-corrected chi connectivity index (χ0v) is 23.6. The van der Waals surface area contributed by atoms with Gasteiger partial charge in [0.2, 0.25) is 11.8 Å². The molecular weight excluding hydrogens is 554 g/mol. The van der Waals surface area contributed by atoms with E-state index in [4.69, 9.17) is 0 Å². The number of anilines is 1. The lowest BCUT2D eigenvalue weighted by Gasteiger charge is -2.32. The Balaban J connectivity index is 1.97. The Hall–Kier alpha value is -3.17. The van der Waals surface area contributed by atoms with Crippen molar-refractivity contribution in [2.45, 2.75) is 38.1 Å². The molecule has 0 bridgehead atoms. The van der Waals surface area contributed by atoms with Gasteiger partial charge in [0.1, 0.15) is 12.6 Å². The molecule has 3 aromatic carbocycles. The van der Waals surface area contributed by atoms with E-state index in [1.54, 1.807) is 43.3 Å². The number of benzene rings is 3. The molecular formula is C28H32BrN3O4S. The van der Waals surface area contributed by atoms with Crippen molar-refractivity contribution in [1.29, 1.82) is 0 Å². The van der Waals surface area contributed by atoms with Crippen LogP contribution in [0.2, 0.25) is 0 Å². The summed E-state index contributed by atoms with van der Waals surface area (Å²) in [6.07, 6.45) is 0.526. The molecule has 0 radical (unpaired) electrons. The number of likely N-dealkylation sites (N-methyl/N-ethyl adjacent to an activating group) is 1. The lowest BCUT2D eigenvalue weighted by molar-refractivity contribution is -0.138. The smallest absolute Gasteiger partial charge is 0.264 e. The summed E-state index contributed by atoms with van der Waals surface area (Å²) in [4.78, 5) is 28.0. The Bertz CT molecular complexity index is 1310. The van der Waals surface area contributed by atoms with E-state index in [-0.39, 0.29) is 17.3 Å². The van der Waals surface area contributed by atoms with E-state index in [0.29, 0.717) is 23.1 Å². The number of carbonyl (C=O) groups excluding carboxylic acids is 2. The molecule has 7 nitrogen and oxygen atoms in total. The van der Waals surface area contributed by atoms with Crippen LogP contribution in [0.15, 0.2) is 88.2 Å². The molecule has 3 rings (SSSR count). The minimum Gasteiger partial charge on any atom is -0.355 e. The van der Waals surface area contributed by atoms with Crippen LogP contribution in [0.25, 0.3) is 0 Å². The Kier molecular flexibility index (Phi) is 9.88. The Labute approximate surface area is 227 Å². The van der Waals surface area contributed by atoms with Gasteiger partial charge in [-0.3, -0.25) is 13.9 Å². The van der Waals surface area contributed by atoms with Gasteiger partial charge in [0.15, 0.2) is 0 Å². The quantitative estimate of drug-likeness (QED) is 0.357. The lowest BCUT2D eigenvalue weighted by atomic mass is 10.1. The van der Waals surface area contributed by atoms with Crippen molar-refractivity contribution in [1.82, 2.24) is 10.2 Å². The summed E-state index contributed by atoms with van der Waals surface area (Å²) >= 11 is 3.40. The predicted molar refractivity (Wildman–Crippen MR) is 150 cm³/mol. The summed E-state index contributed by atoms with van der Waals surface area (Å²) in [5.41, 5.74) is 2.28. The van der Waals surface area contributed by atoms with Crippen LogP contribution in [-0.2, 0) is 26.0 Å². The Morgan fingerprint density at radius 2 is 1.65 bits per heavy atom. The average molecular weight is 587 g/mol. The van der Waals surface area contributed by atoms with Gasteiger partial charge < -0.3 is 10.2 Å². The monoisotopic (exact) mass is 585 g/mol. The van der Waals surface area contributed by atoms with Crippen LogP contribution in [0.1, 0.15) is 25.0 Å². The van der Waals surface area contributed by atoms with E-state index in [0.717, 1.165) is 15.4 Å². The molecule has 37 heavy (non-hydrogen) atoms. The van der Waals surface area contributed by atoms with Gasteiger partial charge in [0, 0.05) is 17.6 Å². The molecule has 0 spiro atoms. The number of halogens is 1. The van der Waals surface area contributed by atoms with Crippen LogP contribution in [0.3, 0.4) is 0 Å². The number of rotatable bonds is 11. The molecule has 2 amide bonds. The van der Waals surface area contributed by atoms with Crippen molar-refractivity contribution < 1.29 is 18.0 Å². The zero-order chi connectivity index (χ0) is 27.0. The van der Waals surface area contributed by atoms with Crippen molar-refractivity contribution in [3.8, 4) is 0 Å². The molecule has 0 fully saturated rings. The topological polar surface area (TPSA) is 86.8 Å². The first kappa shape index (κ1) is 28.4. The zero-order valence-electron chi connectivity index (χ0n) is 21.2. The number of nitrogens with one attached hydrogen (secondary N) is 1. The molecule has 0 heterocycles. The second kappa shape index (κ2) is 12.9. The highest BCUT2D eigenvalue weighted by Gasteiger charge is 2.32. The van der Waals surface area contributed by atoms with Gasteiger partial charge in [-0.15, -0.1) is 0 Å². The minimum atomic E-state index is -4.08. The molecule has 9 heteroatoms. The van der Waals surface area contributed by atoms with E-state index in [9.17, 15) is 18.0 Å². The highest BCUT2D eigenvalue weighted by atomic mass is 79.9. The normalized spacial score (nSPS) is 12.0. The molecule has 1 atom stereocenters. The number of hydrogen-bond donors (Lipinski definition) is 1. The SMILES string of the molecule is CCNC(=O)[C@@H](C)N(CCc1ccccc1)C(=O)CN(c1cccc(Br)c1)S(=O)(=O)c1ccc(C)cc1. The summed E-state index contributed by atoms with van der Waals surface area (Å²) in [6, 6.07) is 22.2. The second-order valence-electron chi connectivity index (χ2n) is 8.70. The number of hydrogen-bond acceptors (Lipinski definition) is 4. The first-order valence-corrected chi connectivity index (χ1v) is 14.3. The fraction of sp³-hybridized carbons (Fsp3) is 0.286. The van der Waals surface area contributed by atoms with Gasteiger partial charge in [-0.2, -0.15) is 0 Å². The predicted octanol–water partition coefficient (Wildman–Crippen LogP) is 4.55. The summed E-state index contributed by atoms with van der Waals surface area (Å²) in [7, 11) is -4.08. The minimum absolute atomic E-state index is 0.0819. The largest absolute Gasteiger partial charge is 0.355 e. The number of nitrogens with zero attached hydrogens (tertiary/aromatic N) is 2. The van der Waals surface area contributed by atoms with Crippen LogP contribution in [0.4, 0.5) is 5.69 Å². The van der Waals surface area contributed by atoms with E-state index in [1.807, 2.05) is 44.2 Å². The second-order valence-corrected chi connectivity index (χ2v) is 11.5. The average Bonchev–Trinajstić information content (AvgIpc) is 2.88. The van der Waals surface area contributed by atoms with Crippen LogP contribution in [-0.4, -0.2) is 50.8 Å². The summed E-state index contributed by atoms with van der Waals surface area (Å²) in [6.45, 7) is 5.58. The standard InChI is InChI=1S/C28H32BrN3O4S/c1-4-30-28(34)22(3)31(18-17-23-9-6-5-7-10-23)27(33)20-32(25-12-8-11-24(29)19-25)37(35,36)26-15-13-21(2)14-16-26/h5-16,19,22H,4,17-18,20H2,1-3H3,(H,30,34)/t22-/m1/s1. The van der Waals surface area contributed by atoms with Gasteiger partial charge in [0.05, 0.1) is 10.6 Å². The third-order valence-corrected chi connectivity index (χ3v) is 8.27. The number of sulfonamides is 1. The summed E-state index contributed by atoms with van der Waals surface area (Å²) in [5, 5.41) is 2.76. The molecule has 0 unspecified atom stereocenters. The molecule has 1 N–H and O–H groups in total. The van der Waals surface area contributed by atoms with E-state index < -0.39 is 28.5 Å². The van der Waals surface area contributed by atoms with E-state index in [2.05, 4.69) is 21.2 Å². The van der Waals surface area contributed by atoms with Gasteiger partial charge >= 0.3 is 0 Å².